The quantitative estimate of drug-likeness (QED) is 0.777. The lowest BCUT2D eigenvalue weighted by Crippen LogP contribution is -2.50. The first-order valence-electron chi connectivity index (χ1n) is 9.86. The normalized spacial score (nSPS) is 21.0. The summed E-state index contributed by atoms with van der Waals surface area (Å²) in [6.45, 7) is 9.58. The minimum Gasteiger partial charge on any atom is -0.380 e. The van der Waals surface area contributed by atoms with E-state index < -0.39 is 0 Å². The van der Waals surface area contributed by atoms with Crippen LogP contribution in [0.15, 0.2) is 24.3 Å². The number of anilines is 2. The zero-order chi connectivity index (χ0) is 19.2. The van der Waals surface area contributed by atoms with Gasteiger partial charge in [0.2, 0.25) is 5.91 Å². The molecule has 2 saturated heterocycles. The van der Waals surface area contributed by atoms with Crippen LogP contribution >= 0.6 is 0 Å². The van der Waals surface area contributed by atoms with Crippen molar-refractivity contribution in [2.75, 3.05) is 56.2 Å². The molecule has 0 aromatic heterocycles. The molecule has 27 heavy (non-hydrogen) atoms. The van der Waals surface area contributed by atoms with Crippen LogP contribution in [0.5, 0.6) is 0 Å². The highest BCUT2D eigenvalue weighted by Gasteiger charge is 2.29. The smallest absolute Gasteiger partial charge is 0.321 e. The number of nitrogens with one attached hydrogen (secondary N) is 1. The second kappa shape index (κ2) is 9.19. The molecule has 1 N–H and O–H groups in total. The first-order chi connectivity index (χ1) is 13.1. The molecule has 2 aliphatic heterocycles. The molecule has 3 rings (SSSR count). The molecule has 7 heteroatoms. The zero-order valence-corrected chi connectivity index (χ0v) is 16.3. The second-order valence-corrected chi connectivity index (χ2v) is 7.16. The Morgan fingerprint density at radius 2 is 2.04 bits per heavy atom. The molecule has 0 radical (unpaired) electrons. The molecule has 1 aromatic carbocycles. The van der Waals surface area contributed by atoms with Gasteiger partial charge in [-0.1, -0.05) is 6.07 Å². The SMILES string of the molecule is CCOCCN1CCN(C(=O)Nc2cccc(N3C(=O)CCC3C)c2)CC1. The van der Waals surface area contributed by atoms with Crippen LogP contribution in [-0.2, 0) is 9.53 Å². The fraction of sp³-hybridized carbons (Fsp3) is 0.600. The number of carbonyl (C=O) groups is 2. The molecule has 2 heterocycles. The van der Waals surface area contributed by atoms with Gasteiger partial charge in [-0.25, -0.2) is 4.79 Å². The van der Waals surface area contributed by atoms with Crippen LogP contribution in [-0.4, -0.2) is 73.7 Å². The summed E-state index contributed by atoms with van der Waals surface area (Å²) in [5, 5.41) is 2.98. The van der Waals surface area contributed by atoms with Crippen LogP contribution < -0.4 is 10.2 Å². The highest BCUT2D eigenvalue weighted by Crippen LogP contribution is 2.28. The van der Waals surface area contributed by atoms with Crippen LogP contribution in [0.2, 0.25) is 0 Å². The summed E-state index contributed by atoms with van der Waals surface area (Å²) < 4.78 is 5.40. The summed E-state index contributed by atoms with van der Waals surface area (Å²) >= 11 is 0. The number of urea groups is 1. The van der Waals surface area contributed by atoms with Gasteiger partial charge in [0, 0.05) is 63.2 Å². The number of hydrogen-bond acceptors (Lipinski definition) is 4. The predicted octanol–water partition coefficient (Wildman–Crippen LogP) is 2.39. The largest absolute Gasteiger partial charge is 0.380 e. The average molecular weight is 374 g/mol. The fourth-order valence-electron chi connectivity index (χ4n) is 3.67. The van der Waals surface area contributed by atoms with Crippen LogP contribution in [0.3, 0.4) is 0 Å². The molecule has 0 aliphatic carbocycles. The van der Waals surface area contributed by atoms with Crippen molar-refractivity contribution in [3.63, 3.8) is 0 Å². The lowest BCUT2D eigenvalue weighted by atomic mass is 10.2. The number of ether oxygens (including phenoxy) is 1. The molecule has 1 unspecified atom stereocenters. The third kappa shape index (κ3) is 4.99. The Balaban J connectivity index is 1.53. The monoisotopic (exact) mass is 374 g/mol. The summed E-state index contributed by atoms with van der Waals surface area (Å²) in [7, 11) is 0. The molecule has 7 nitrogen and oxygen atoms in total. The van der Waals surface area contributed by atoms with Gasteiger partial charge in [-0.3, -0.25) is 9.69 Å². The summed E-state index contributed by atoms with van der Waals surface area (Å²) in [4.78, 5) is 30.7. The standard InChI is InChI=1S/C20H30N4O3/c1-3-27-14-13-22-9-11-23(12-10-22)20(26)21-17-5-4-6-18(15-17)24-16(2)7-8-19(24)25/h4-6,15-16H,3,7-14H2,1-2H3,(H,21,26). The molecule has 0 bridgehead atoms. The van der Waals surface area contributed by atoms with Crippen molar-refractivity contribution >= 4 is 23.3 Å². The van der Waals surface area contributed by atoms with Gasteiger partial charge in [-0.15, -0.1) is 0 Å². The third-order valence-corrected chi connectivity index (χ3v) is 5.28. The Hall–Kier alpha value is -2.12. The number of hydrogen-bond donors (Lipinski definition) is 1. The van der Waals surface area contributed by atoms with E-state index in [1.54, 1.807) is 0 Å². The summed E-state index contributed by atoms with van der Waals surface area (Å²) in [6.07, 6.45) is 1.47. The lowest BCUT2D eigenvalue weighted by Gasteiger charge is -2.34. The lowest BCUT2D eigenvalue weighted by molar-refractivity contribution is -0.117. The van der Waals surface area contributed by atoms with Gasteiger partial charge in [-0.05, 0) is 38.5 Å². The summed E-state index contributed by atoms with van der Waals surface area (Å²) in [5.74, 6) is 0.147. The molecule has 0 spiro atoms. The van der Waals surface area contributed by atoms with E-state index in [2.05, 4.69) is 17.1 Å². The van der Waals surface area contributed by atoms with Crippen molar-refractivity contribution in [1.29, 1.82) is 0 Å². The number of amides is 3. The molecule has 148 valence electrons. The van der Waals surface area contributed by atoms with Crippen LogP contribution in [0.1, 0.15) is 26.7 Å². The van der Waals surface area contributed by atoms with Crippen LogP contribution in [0.25, 0.3) is 0 Å². The number of rotatable bonds is 6. The Bertz CT molecular complexity index is 658. The Labute approximate surface area is 161 Å². The molecular formula is C20H30N4O3. The highest BCUT2D eigenvalue weighted by molar-refractivity contribution is 5.97. The van der Waals surface area contributed by atoms with Gasteiger partial charge >= 0.3 is 6.03 Å². The third-order valence-electron chi connectivity index (χ3n) is 5.28. The molecule has 2 aliphatic rings. The first kappa shape index (κ1) is 19.6. The van der Waals surface area contributed by atoms with E-state index in [4.69, 9.17) is 4.74 Å². The van der Waals surface area contributed by atoms with Gasteiger partial charge in [-0.2, -0.15) is 0 Å². The van der Waals surface area contributed by atoms with E-state index in [0.29, 0.717) is 19.5 Å². The van der Waals surface area contributed by atoms with E-state index in [1.807, 2.05) is 41.0 Å². The Kier molecular flexibility index (Phi) is 6.68. The van der Waals surface area contributed by atoms with Gasteiger partial charge in [0.15, 0.2) is 0 Å². The first-order valence-corrected chi connectivity index (χ1v) is 9.86. The highest BCUT2D eigenvalue weighted by atomic mass is 16.5. The minimum absolute atomic E-state index is 0.0857. The molecule has 1 aromatic rings. The van der Waals surface area contributed by atoms with Gasteiger partial charge in [0.1, 0.15) is 0 Å². The predicted molar refractivity (Wildman–Crippen MR) is 106 cm³/mol. The molecule has 2 fully saturated rings. The number of benzene rings is 1. The van der Waals surface area contributed by atoms with E-state index in [1.165, 1.54) is 0 Å². The Morgan fingerprint density at radius 1 is 1.26 bits per heavy atom. The molecule has 3 amide bonds. The van der Waals surface area contributed by atoms with Crippen molar-refractivity contribution in [2.45, 2.75) is 32.7 Å². The van der Waals surface area contributed by atoms with Crippen molar-refractivity contribution < 1.29 is 14.3 Å². The Morgan fingerprint density at radius 3 is 2.70 bits per heavy atom. The molecule has 1 atom stereocenters. The number of nitrogens with zero attached hydrogens (tertiary/aromatic N) is 3. The van der Waals surface area contributed by atoms with Gasteiger partial charge in [0.25, 0.3) is 0 Å². The topological polar surface area (TPSA) is 65.1 Å². The summed E-state index contributed by atoms with van der Waals surface area (Å²) in [6, 6.07) is 7.67. The van der Waals surface area contributed by atoms with Crippen LogP contribution in [0.4, 0.5) is 16.2 Å². The van der Waals surface area contributed by atoms with E-state index >= 15 is 0 Å². The zero-order valence-electron chi connectivity index (χ0n) is 16.3. The van der Waals surface area contributed by atoms with Crippen molar-refractivity contribution in [3.05, 3.63) is 24.3 Å². The molecule has 0 saturated carbocycles. The number of carbonyl (C=O) groups excluding carboxylic acids is 2. The van der Waals surface area contributed by atoms with E-state index in [-0.39, 0.29) is 18.0 Å². The van der Waals surface area contributed by atoms with E-state index in [9.17, 15) is 9.59 Å². The minimum atomic E-state index is -0.0857. The fourth-order valence-corrected chi connectivity index (χ4v) is 3.67. The number of piperazine rings is 1. The maximum absolute atomic E-state index is 12.6. The molecular weight excluding hydrogens is 344 g/mol. The van der Waals surface area contributed by atoms with Gasteiger partial charge in [0.05, 0.1) is 6.61 Å². The van der Waals surface area contributed by atoms with Crippen molar-refractivity contribution in [2.24, 2.45) is 0 Å². The maximum atomic E-state index is 12.6. The summed E-state index contributed by atoms with van der Waals surface area (Å²) in [5.41, 5.74) is 1.58. The van der Waals surface area contributed by atoms with Crippen LogP contribution in [0, 0.1) is 0 Å². The second-order valence-electron chi connectivity index (χ2n) is 7.16. The average Bonchev–Trinajstić information content (AvgIpc) is 3.01. The van der Waals surface area contributed by atoms with Crippen molar-refractivity contribution in [1.82, 2.24) is 9.80 Å². The maximum Gasteiger partial charge on any atom is 0.321 e. The van der Waals surface area contributed by atoms with E-state index in [0.717, 1.165) is 50.6 Å². The van der Waals surface area contributed by atoms with Gasteiger partial charge < -0.3 is 19.9 Å². The van der Waals surface area contributed by atoms with Crippen molar-refractivity contribution in [3.8, 4) is 0 Å².